The van der Waals surface area contributed by atoms with Crippen LogP contribution in [0.1, 0.15) is 399 Å². The number of carbonyl (C=O) groups excluding carboxylic acids is 2. The topological polar surface area (TPSA) is 111 Å². The molecule has 0 aliphatic carbocycles. The lowest BCUT2D eigenvalue weighted by Crippen LogP contribution is -2.37. The number of carbonyl (C=O) groups is 2. The number of likely N-dealkylation sites (N-methyl/N-ethyl adjacent to an activating group) is 1. The first-order valence-electron chi connectivity index (χ1n) is 43.2. The maximum Gasteiger partial charge on any atom is 0.306 e. The summed E-state index contributed by atoms with van der Waals surface area (Å²) in [6.45, 7) is 4.16. The average molecular weight is 1440 g/mol. The number of unbranched alkanes of at least 4 members (excludes halogenated alkanes) is 46. The predicted octanol–water partition coefficient (Wildman–Crippen LogP) is 28.7. The Bertz CT molecular complexity index is 2140. The van der Waals surface area contributed by atoms with Crippen molar-refractivity contribution in [1.29, 1.82) is 0 Å². The summed E-state index contributed by atoms with van der Waals surface area (Å²) in [5.74, 6) is -0.823. The smallest absolute Gasteiger partial charge is 0.306 e. The van der Waals surface area contributed by atoms with E-state index < -0.39 is 26.5 Å². The second-order valence-electron chi connectivity index (χ2n) is 30.2. The lowest BCUT2D eigenvalue weighted by molar-refractivity contribution is -0.870. The van der Waals surface area contributed by atoms with Gasteiger partial charge in [0.15, 0.2) is 6.10 Å². The van der Waals surface area contributed by atoms with Crippen LogP contribution < -0.4 is 4.89 Å². The van der Waals surface area contributed by atoms with Crippen LogP contribution in [0.4, 0.5) is 0 Å². The summed E-state index contributed by atoms with van der Waals surface area (Å²) in [6, 6.07) is 0. The number of ether oxygens (including phenoxy) is 2. The second-order valence-corrected chi connectivity index (χ2v) is 31.6. The van der Waals surface area contributed by atoms with E-state index in [1.54, 1.807) is 0 Å². The highest BCUT2D eigenvalue weighted by molar-refractivity contribution is 7.45. The summed E-state index contributed by atoms with van der Waals surface area (Å²) < 4.78 is 34.5. The molecule has 0 radical (unpaired) electrons. The number of allylic oxidation sites excluding steroid dienone is 20. The van der Waals surface area contributed by atoms with Gasteiger partial charge in [0.2, 0.25) is 0 Å². The number of nitrogens with zero attached hydrogens (tertiary/aromatic N) is 1. The van der Waals surface area contributed by atoms with E-state index in [0.29, 0.717) is 17.4 Å². The van der Waals surface area contributed by atoms with Crippen LogP contribution in [0.3, 0.4) is 0 Å². The Kier molecular flexibility index (Phi) is 78.6. The number of phosphoric ester groups is 1. The van der Waals surface area contributed by atoms with Crippen LogP contribution in [0.15, 0.2) is 122 Å². The molecule has 0 saturated carbocycles. The van der Waals surface area contributed by atoms with Crippen molar-refractivity contribution in [2.75, 3.05) is 47.5 Å². The molecule has 0 aromatic heterocycles. The normalized spacial score (nSPS) is 13.6. The third-order valence-corrected chi connectivity index (χ3v) is 19.9. The maximum atomic E-state index is 12.9. The van der Waals surface area contributed by atoms with E-state index in [-0.39, 0.29) is 32.0 Å². The number of esters is 2. The van der Waals surface area contributed by atoms with E-state index in [2.05, 4.69) is 135 Å². The third kappa shape index (κ3) is 85.3. The van der Waals surface area contributed by atoms with Crippen molar-refractivity contribution in [3.05, 3.63) is 122 Å². The van der Waals surface area contributed by atoms with Gasteiger partial charge in [0.05, 0.1) is 27.7 Å². The molecule has 0 spiro atoms. The summed E-state index contributed by atoms with van der Waals surface area (Å²) in [5.41, 5.74) is 0. The monoisotopic (exact) mass is 1440 g/mol. The highest BCUT2D eigenvalue weighted by Gasteiger charge is 2.22. The number of rotatable bonds is 80. The Hall–Kier alpha value is -3.59. The third-order valence-electron chi connectivity index (χ3n) is 19.0. The standard InChI is InChI=1S/C92H164NO8P/c1-6-8-10-12-14-16-18-20-22-24-26-28-30-32-34-36-38-40-42-44-45-46-47-49-50-52-54-56-58-60-62-64-66-68-70-72-74-76-78-80-82-84-91(94)98-88-90(89-100-102(96,97)99-87-86-93(3,4)5)101-92(95)85-83-81-79-77-75-73-71-69-67-65-63-61-59-57-55-53-51-48-43-41-39-37-35-33-31-29-27-25-23-21-19-17-15-13-11-9-7-2/h9,11,15,17-18,20-21,23-24,26-27,29,33,35,39,41,48,51,55,57,90H,6-8,10,12-14,16,19,22,25,28,30-32,34,36-38,40,42-47,49-50,52-54,56,58-89H2,1-5H3/b11-9-,17-15-,20-18-,23-21-,26-24-,29-27-,35-33-,41-39-,51-48-,57-55-. The fraction of sp³-hybridized carbons (Fsp3) is 0.761. The molecule has 2 atom stereocenters. The SMILES string of the molecule is CC/C=C\C/C=C\C/C=C\C/C=C\C/C=C\C/C=C\C/C=C\C/C=C\CCCCCCCCCCCCCCC(=O)OC(COC(=O)CCCCCCCCCCCCCCCCCCCCCCCCCCCCCCC/C=C\C/C=C\CCCCCCC)COP(=O)([O-])OCC[N+](C)(C)C. The molecule has 0 rings (SSSR count). The highest BCUT2D eigenvalue weighted by atomic mass is 31.2. The molecule has 0 amide bonds. The van der Waals surface area contributed by atoms with Crippen molar-refractivity contribution in [3.8, 4) is 0 Å². The number of hydrogen-bond acceptors (Lipinski definition) is 8. The molecule has 0 bridgehead atoms. The van der Waals surface area contributed by atoms with Crippen LogP contribution in [0, 0.1) is 0 Å². The summed E-state index contributed by atoms with van der Waals surface area (Å²) in [6.07, 6.45) is 118. The fourth-order valence-electron chi connectivity index (χ4n) is 12.4. The molecule has 0 aliphatic heterocycles. The number of phosphoric acid groups is 1. The van der Waals surface area contributed by atoms with Crippen LogP contribution in [0.2, 0.25) is 0 Å². The van der Waals surface area contributed by atoms with Gasteiger partial charge in [-0.05, 0) is 109 Å². The van der Waals surface area contributed by atoms with Gasteiger partial charge in [0, 0.05) is 12.8 Å². The van der Waals surface area contributed by atoms with Crippen molar-refractivity contribution in [3.63, 3.8) is 0 Å². The van der Waals surface area contributed by atoms with Gasteiger partial charge in [-0.25, -0.2) is 0 Å². The van der Waals surface area contributed by atoms with E-state index in [1.165, 1.54) is 270 Å². The summed E-state index contributed by atoms with van der Waals surface area (Å²) >= 11 is 0. The number of quaternary nitrogens is 1. The fourth-order valence-corrected chi connectivity index (χ4v) is 13.1. The first-order chi connectivity index (χ1) is 50.0. The molecule has 102 heavy (non-hydrogen) atoms. The maximum absolute atomic E-state index is 12.9. The van der Waals surface area contributed by atoms with Crippen molar-refractivity contribution in [1.82, 2.24) is 0 Å². The summed E-state index contributed by atoms with van der Waals surface area (Å²) in [5, 5.41) is 0. The lowest BCUT2D eigenvalue weighted by Gasteiger charge is -2.28. The molecule has 10 heteroatoms. The molecule has 0 fully saturated rings. The Morgan fingerprint density at radius 2 is 0.559 bits per heavy atom. The molecule has 9 nitrogen and oxygen atoms in total. The van der Waals surface area contributed by atoms with Gasteiger partial charge >= 0.3 is 11.9 Å². The first-order valence-corrected chi connectivity index (χ1v) is 44.7. The largest absolute Gasteiger partial charge is 0.756 e. The molecule has 0 aromatic carbocycles. The molecule has 0 saturated heterocycles. The van der Waals surface area contributed by atoms with Crippen molar-refractivity contribution < 1.29 is 42.1 Å². The Balaban J connectivity index is 3.92. The first kappa shape index (κ1) is 98.4. The van der Waals surface area contributed by atoms with E-state index in [0.717, 1.165) is 96.3 Å². The Morgan fingerprint density at radius 3 is 0.833 bits per heavy atom. The molecule has 590 valence electrons. The van der Waals surface area contributed by atoms with Gasteiger partial charge in [0.25, 0.3) is 7.82 Å². The van der Waals surface area contributed by atoms with Crippen LogP contribution >= 0.6 is 7.82 Å². The minimum absolute atomic E-state index is 0.0335. The van der Waals surface area contributed by atoms with Gasteiger partial charge in [-0.3, -0.25) is 14.2 Å². The van der Waals surface area contributed by atoms with Crippen LogP contribution in [0.5, 0.6) is 0 Å². The highest BCUT2D eigenvalue weighted by Crippen LogP contribution is 2.38. The van der Waals surface area contributed by atoms with Gasteiger partial charge < -0.3 is 27.9 Å². The zero-order valence-electron chi connectivity index (χ0n) is 67.5. The molecule has 0 heterocycles. The van der Waals surface area contributed by atoms with Gasteiger partial charge in [0.1, 0.15) is 19.8 Å². The van der Waals surface area contributed by atoms with Crippen molar-refractivity contribution in [2.24, 2.45) is 0 Å². The minimum atomic E-state index is -4.65. The number of hydrogen-bond donors (Lipinski definition) is 0. The molecule has 0 N–H and O–H groups in total. The minimum Gasteiger partial charge on any atom is -0.756 e. The predicted molar refractivity (Wildman–Crippen MR) is 443 cm³/mol. The molecule has 0 aliphatic rings. The van der Waals surface area contributed by atoms with E-state index >= 15 is 0 Å². The van der Waals surface area contributed by atoms with Gasteiger partial charge in [-0.2, -0.15) is 0 Å². The van der Waals surface area contributed by atoms with Crippen molar-refractivity contribution >= 4 is 19.8 Å². The van der Waals surface area contributed by atoms with E-state index in [9.17, 15) is 19.0 Å². The molecular formula is C92H164NO8P. The van der Waals surface area contributed by atoms with Gasteiger partial charge in [-0.1, -0.05) is 399 Å². The zero-order chi connectivity index (χ0) is 74.0. The van der Waals surface area contributed by atoms with E-state index in [1.807, 2.05) is 21.1 Å². The Morgan fingerprint density at radius 1 is 0.314 bits per heavy atom. The zero-order valence-corrected chi connectivity index (χ0v) is 68.4. The molecule has 2 unspecified atom stereocenters. The van der Waals surface area contributed by atoms with Crippen LogP contribution in [-0.4, -0.2) is 70.0 Å². The average Bonchev–Trinajstić information content (AvgIpc) is 0.913. The summed E-state index contributed by atoms with van der Waals surface area (Å²) in [4.78, 5) is 38.2. The van der Waals surface area contributed by atoms with E-state index in [4.69, 9.17) is 18.5 Å². The van der Waals surface area contributed by atoms with Crippen LogP contribution in [0.25, 0.3) is 0 Å². The van der Waals surface area contributed by atoms with Crippen LogP contribution in [-0.2, 0) is 32.7 Å². The van der Waals surface area contributed by atoms with Gasteiger partial charge in [-0.15, -0.1) is 0 Å². The van der Waals surface area contributed by atoms with Crippen molar-refractivity contribution in [2.45, 2.75) is 405 Å². The summed E-state index contributed by atoms with van der Waals surface area (Å²) in [7, 11) is 1.17. The molecule has 0 aromatic rings. The molecular weight excluding hydrogens is 1280 g/mol. The quantitative estimate of drug-likeness (QED) is 0.0195. The lowest BCUT2D eigenvalue weighted by atomic mass is 10.0. The second kappa shape index (κ2) is 81.5. The Labute approximate surface area is 632 Å².